The molecule has 1 saturated heterocycles. The van der Waals surface area contributed by atoms with Gasteiger partial charge in [-0.2, -0.15) is 0 Å². The maximum Gasteiger partial charge on any atom is 0.148 e. The Morgan fingerprint density at radius 1 is 1.12 bits per heavy atom. The van der Waals surface area contributed by atoms with Gasteiger partial charge in [0, 0.05) is 13.1 Å². The highest BCUT2D eigenvalue weighted by Gasteiger charge is 2.15. The standard InChI is InChI=1S/C19H19N3O3/c1-24-17-4-2-3-16(23)19(17)13-5-6-14-15(11-13)21-18(12-20-14)22-7-9-25-10-8-22/h2-6,11-12,23H,7-10H2,1H3. The van der Waals surface area contributed by atoms with Gasteiger partial charge in [0.2, 0.25) is 0 Å². The number of ether oxygens (including phenoxy) is 2. The molecule has 6 nitrogen and oxygen atoms in total. The van der Waals surface area contributed by atoms with Crippen molar-refractivity contribution in [2.45, 2.75) is 0 Å². The second-order valence-corrected chi connectivity index (χ2v) is 5.89. The van der Waals surface area contributed by atoms with Crippen LogP contribution >= 0.6 is 0 Å². The number of hydrogen-bond donors (Lipinski definition) is 1. The fourth-order valence-electron chi connectivity index (χ4n) is 3.08. The van der Waals surface area contributed by atoms with Gasteiger partial charge >= 0.3 is 0 Å². The summed E-state index contributed by atoms with van der Waals surface area (Å²) in [6.45, 7) is 3.03. The summed E-state index contributed by atoms with van der Waals surface area (Å²) in [5.74, 6) is 1.64. The molecule has 0 aliphatic carbocycles. The normalized spacial score (nSPS) is 14.7. The quantitative estimate of drug-likeness (QED) is 0.793. The third-order valence-corrected chi connectivity index (χ3v) is 4.38. The molecule has 0 bridgehead atoms. The van der Waals surface area contributed by atoms with Crippen molar-refractivity contribution in [1.29, 1.82) is 0 Å². The number of nitrogens with zero attached hydrogens (tertiary/aromatic N) is 3. The number of anilines is 1. The van der Waals surface area contributed by atoms with Crippen molar-refractivity contribution < 1.29 is 14.6 Å². The van der Waals surface area contributed by atoms with E-state index in [0.717, 1.165) is 35.5 Å². The van der Waals surface area contributed by atoms with Gasteiger partial charge in [0.05, 0.1) is 43.1 Å². The molecule has 128 valence electrons. The molecule has 0 spiro atoms. The van der Waals surface area contributed by atoms with Crippen LogP contribution in [0.4, 0.5) is 5.82 Å². The molecular formula is C19H19N3O3. The van der Waals surface area contributed by atoms with Crippen molar-refractivity contribution in [3.05, 3.63) is 42.6 Å². The molecule has 1 N–H and O–H groups in total. The molecule has 0 unspecified atom stereocenters. The van der Waals surface area contributed by atoms with Crippen LogP contribution in [0.3, 0.4) is 0 Å². The second kappa shape index (κ2) is 6.57. The van der Waals surface area contributed by atoms with Crippen LogP contribution in [0.5, 0.6) is 11.5 Å². The number of morpholine rings is 1. The number of aromatic hydroxyl groups is 1. The van der Waals surface area contributed by atoms with Gasteiger partial charge < -0.3 is 19.5 Å². The van der Waals surface area contributed by atoms with Gasteiger partial charge in [-0.3, -0.25) is 4.98 Å². The summed E-state index contributed by atoms with van der Waals surface area (Å²) in [6.07, 6.45) is 1.80. The molecule has 3 aromatic rings. The van der Waals surface area contributed by atoms with Crippen molar-refractivity contribution >= 4 is 16.9 Å². The number of rotatable bonds is 3. The molecule has 0 radical (unpaired) electrons. The van der Waals surface area contributed by atoms with E-state index in [1.807, 2.05) is 24.3 Å². The first-order valence-electron chi connectivity index (χ1n) is 8.22. The Kier molecular flexibility index (Phi) is 4.11. The number of phenolic OH excluding ortho intramolecular Hbond substituents is 1. The van der Waals surface area contributed by atoms with Gasteiger partial charge in [-0.15, -0.1) is 0 Å². The summed E-state index contributed by atoms with van der Waals surface area (Å²) in [7, 11) is 1.59. The molecule has 2 heterocycles. The van der Waals surface area contributed by atoms with Crippen molar-refractivity contribution in [3.63, 3.8) is 0 Å². The Hall–Kier alpha value is -2.86. The number of phenols is 1. The van der Waals surface area contributed by atoms with Crippen LogP contribution < -0.4 is 9.64 Å². The predicted molar refractivity (Wildman–Crippen MR) is 96.2 cm³/mol. The van der Waals surface area contributed by atoms with E-state index >= 15 is 0 Å². The molecular weight excluding hydrogens is 318 g/mol. The van der Waals surface area contributed by atoms with E-state index < -0.39 is 0 Å². The van der Waals surface area contributed by atoms with Crippen LogP contribution in [0.25, 0.3) is 22.2 Å². The summed E-state index contributed by atoms with van der Waals surface area (Å²) in [5, 5.41) is 10.3. The average molecular weight is 337 g/mol. The molecule has 4 rings (SSSR count). The van der Waals surface area contributed by atoms with Crippen molar-refractivity contribution in [2.24, 2.45) is 0 Å². The highest BCUT2D eigenvalue weighted by Crippen LogP contribution is 2.38. The number of methoxy groups -OCH3 is 1. The van der Waals surface area contributed by atoms with Gasteiger partial charge in [0.15, 0.2) is 0 Å². The molecule has 1 aromatic heterocycles. The van der Waals surface area contributed by atoms with E-state index in [4.69, 9.17) is 14.5 Å². The Labute approximate surface area is 145 Å². The smallest absolute Gasteiger partial charge is 0.148 e. The van der Waals surface area contributed by atoms with Crippen molar-refractivity contribution in [3.8, 4) is 22.6 Å². The molecule has 0 saturated carbocycles. The largest absolute Gasteiger partial charge is 0.507 e. The third-order valence-electron chi connectivity index (χ3n) is 4.38. The molecule has 6 heteroatoms. The van der Waals surface area contributed by atoms with Crippen LogP contribution in [0.1, 0.15) is 0 Å². The molecule has 1 fully saturated rings. The maximum atomic E-state index is 10.3. The first kappa shape index (κ1) is 15.7. The first-order chi connectivity index (χ1) is 12.3. The Balaban J connectivity index is 1.79. The lowest BCUT2D eigenvalue weighted by Crippen LogP contribution is -2.36. The lowest BCUT2D eigenvalue weighted by Gasteiger charge is -2.27. The van der Waals surface area contributed by atoms with Gasteiger partial charge in [-0.1, -0.05) is 12.1 Å². The topological polar surface area (TPSA) is 67.7 Å². The Morgan fingerprint density at radius 3 is 2.76 bits per heavy atom. The summed E-state index contributed by atoms with van der Waals surface area (Å²) in [4.78, 5) is 11.4. The van der Waals surface area contributed by atoms with Crippen LogP contribution in [0.2, 0.25) is 0 Å². The summed E-state index contributed by atoms with van der Waals surface area (Å²) < 4.78 is 10.8. The lowest BCUT2D eigenvalue weighted by molar-refractivity contribution is 0.122. The lowest BCUT2D eigenvalue weighted by atomic mass is 10.0. The number of hydrogen-bond acceptors (Lipinski definition) is 6. The fraction of sp³-hybridized carbons (Fsp3) is 0.263. The Morgan fingerprint density at radius 2 is 1.96 bits per heavy atom. The van der Waals surface area contributed by atoms with E-state index in [1.165, 1.54) is 0 Å². The van der Waals surface area contributed by atoms with Crippen LogP contribution in [-0.4, -0.2) is 48.5 Å². The molecule has 1 aliphatic rings. The molecule has 25 heavy (non-hydrogen) atoms. The monoisotopic (exact) mass is 337 g/mol. The number of fused-ring (bicyclic) bond motifs is 1. The van der Waals surface area contributed by atoms with Crippen molar-refractivity contribution in [2.75, 3.05) is 38.3 Å². The minimum Gasteiger partial charge on any atom is -0.507 e. The van der Waals surface area contributed by atoms with Crippen LogP contribution in [-0.2, 0) is 4.74 Å². The minimum absolute atomic E-state index is 0.177. The highest BCUT2D eigenvalue weighted by molar-refractivity contribution is 5.86. The highest BCUT2D eigenvalue weighted by atomic mass is 16.5. The van der Waals surface area contributed by atoms with Crippen molar-refractivity contribution in [1.82, 2.24) is 9.97 Å². The predicted octanol–water partition coefficient (Wildman–Crippen LogP) is 2.85. The number of benzene rings is 2. The SMILES string of the molecule is COc1cccc(O)c1-c1ccc2ncc(N3CCOCC3)nc2c1. The van der Waals surface area contributed by atoms with E-state index in [0.29, 0.717) is 24.5 Å². The molecule has 1 aliphatic heterocycles. The van der Waals surface area contributed by atoms with E-state index in [-0.39, 0.29) is 5.75 Å². The van der Waals surface area contributed by atoms with Crippen LogP contribution in [0, 0.1) is 0 Å². The first-order valence-corrected chi connectivity index (χ1v) is 8.22. The zero-order valence-electron chi connectivity index (χ0n) is 14.0. The Bertz CT molecular complexity index is 908. The molecule has 2 aromatic carbocycles. The molecule has 0 atom stereocenters. The van der Waals surface area contributed by atoms with Gasteiger partial charge in [-0.25, -0.2) is 4.98 Å². The van der Waals surface area contributed by atoms with E-state index in [2.05, 4.69) is 9.88 Å². The number of aromatic nitrogens is 2. The summed E-state index contributed by atoms with van der Waals surface area (Å²) in [6, 6.07) is 11.0. The van der Waals surface area contributed by atoms with Crippen LogP contribution in [0.15, 0.2) is 42.6 Å². The maximum absolute atomic E-state index is 10.3. The molecule has 0 amide bonds. The van der Waals surface area contributed by atoms with E-state index in [1.54, 1.807) is 25.4 Å². The van der Waals surface area contributed by atoms with Gasteiger partial charge in [0.25, 0.3) is 0 Å². The summed E-state index contributed by atoms with van der Waals surface area (Å²) in [5.41, 5.74) is 3.10. The third kappa shape index (κ3) is 2.96. The minimum atomic E-state index is 0.177. The summed E-state index contributed by atoms with van der Waals surface area (Å²) >= 11 is 0. The second-order valence-electron chi connectivity index (χ2n) is 5.89. The average Bonchev–Trinajstić information content (AvgIpc) is 2.67. The zero-order chi connectivity index (χ0) is 17.2. The zero-order valence-corrected chi connectivity index (χ0v) is 14.0. The van der Waals surface area contributed by atoms with E-state index in [9.17, 15) is 5.11 Å². The van der Waals surface area contributed by atoms with Gasteiger partial charge in [0.1, 0.15) is 17.3 Å². The fourth-order valence-corrected chi connectivity index (χ4v) is 3.08. The van der Waals surface area contributed by atoms with Gasteiger partial charge in [-0.05, 0) is 29.8 Å².